The molecule has 19 heavy (non-hydrogen) atoms. The molecule has 2 rings (SSSR count). The molecule has 1 heterocycles. The molecular formula is C12H13ClN4O2. The van der Waals surface area contributed by atoms with Gasteiger partial charge in [-0.1, -0.05) is 18.2 Å². The van der Waals surface area contributed by atoms with Gasteiger partial charge in [0.2, 0.25) is 11.2 Å². The fraction of sp³-hybridized carbons (Fsp3) is 0.250. The molecule has 0 aliphatic rings. The molecule has 0 unspecified atom stereocenters. The van der Waals surface area contributed by atoms with Crippen LogP contribution in [-0.4, -0.2) is 26.6 Å². The van der Waals surface area contributed by atoms with E-state index in [4.69, 9.17) is 16.3 Å². The van der Waals surface area contributed by atoms with Crippen LogP contribution in [0.2, 0.25) is 5.28 Å². The number of nitrogens with zero attached hydrogens (tertiary/aromatic N) is 3. The van der Waals surface area contributed by atoms with Crippen molar-refractivity contribution in [3.8, 4) is 11.8 Å². The van der Waals surface area contributed by atoms with Gasteiger partial charge in [-0.25, -0.2) is 0 Å². The number of aliphatic hydroxyl groups excluding tert-OH is 1. The van der Waals surface area contributed by atoms with Crippen molar-refractivity contribution in [3.63, 3.8) is 0 Å². The van der Waals surface area contributed by atoms with Crippen LogP contribution in [0.3, 0.4) is 0 Å². The topological polar surface area (TPSA) is 80.2 Å². The van der Waals surface area contributed by atoms with E-state index in [1.807, 2.05) is 13.0 Å². The number of halogens is 1. The summed E-state index contributed by atoms with van der Waals surface area (Å²) in [5.74, 6) is 0.827. The highest BCUT2D eigenvalue weighted by molar-refractivity contribution is 6.28. The van der Waals surface area contributed by atoms with E-state index in [1.165, 1.54) is 0 Å². The molecule has 0 aliphatic carbocycles. The third-order valence-corrected chi connectivity index (χ3v) is 2.44. The Kier molecular flexibility index (Phi) is 4.48. The molecule has 2 aromatic rings. The van der Waals surface area contributed by atoms with Crippen LogP contribution in [0.4, 0.5) is 5.95 Å². The zero-order chi connectivity index (χ0) is 13.7. The maximum absolute atomic E-state index is 9.22. The number of aromatic nitrogens is 3. The fourth-order valence-corrected chi connectivity index (χ4v) is 1.60. The minimum absolute atomic E-state index is 0.0439. The second-order valence-corrected chi connectivity index (χ2v) is 3.95. The zero-order valence-electron chi connectivity index (χ0n) is 10.3. The molecule has 0 saturated carbocycles. The van der Waals surface area contributed by atoms with Gasteiger partial charge in [-0.3, -0.25) is 0 Å². The molecule has 1 aromatic carbocycles. The van der Waals surface area contributed by atoms with Crippen LogP contribution in [0.15, 0.2) is 24.3 Å². The minimum atomic E-state index is -0.130. The normalized spacial score (nSPS) is 10.3. The highest BCUT2D eigenvalue weighted by Crippen LogP contribution is 2.23. The number of aliphatic hydroxyl groups is 1. The summed E-state index contributed by atoms with van der Waals surface area (Å²) in [6, 6.07) is 7.15. The van der Waals surface area contributed by atoms with Gasteiger partial charge in [0.25, 0.3) is 0 Å². The highest BCUT2D eigenvalue weighted by Gasteiger charge is 2.09. The largest absolute Gasteiger partial charge is 0.424 e. The quantitative estimate of drug-likeness (QED) is 0.874. The summed E-state index contributed by atoms with van der Waals surface area (Å²) in [6.07, 6.45) is 0. The van der Waals surface area contributed by atoms with Crippen molar-refractivity contribution in [3.05, 3.63) is 35.1 Å². The third-order valence-electron chi connectivity index (χ3n) is 2.27. The second-order valence-electron chi connectivity index (χ2n) is 3.61. The van der Waals surface area contributed by atoms with Gasteiger partial charge in [0.1, 0.15) is 5.75 Å². The van der Waals surface area contributed by atoms with Crippen LogP contribution in [-0.2, 0) is 6.61 Å². The van der Waals surface area contributed by atoms with Crippen LogP contribution in [0, 0.1) is 0 Å². The number of anilines is 1. The van der Waals surface area contributed by atoms with Gasteiger partial charge in [0.15, 0.2) is 0 Å². The Morgan fingerprint density at radius 3 is 2.79 bits per heavy atom. The Morgan fingerprint density at radius 2 is 2.05 bits per heavy atom. The Morgan fingerprint density at radius 1 is 1.26 bits per heavy atom. The summed E-state index contributed by atoms with van der Waals surface area (Å²) in [5, 5.41) is 12.2. The molecule has 0 fully saturated rings. The molecule has 100 valence electrons. The summed E-state index contributed by atoms with van der Waals surface area (Å²) < 4.78 is 5.52. The van der Waals surface area contributed by atoms with E-state index >= 15 is 0 Å². The van der Waals surface area contributed by atoms with E-state index in [1.54, 1.807) is 18.2 Å². The summed E-state index contributed by atoms with van der Waals surface area (Å²) in [4.78, 5) is 11.9. The maximum atomic E-state index is 9.22. The third kappa shape index (κ3) is 3.52. The first-order valence-corrected chi connectivity index (χ1v) is 6.12. The van der Waals surface area contributed by atoms with Crippen molar-refractivity contribution < 1.29 is 9.84 Å². The molecule has 0 amide bonds. The zero-order valence-corrected chi connectivity index (χ0v) is 11.1. The van der Waals surface area contributed by atoms with E-state index < -0.39 is 0 Å². The van der Waals surface area contributed by atoms with Crippen LogP contribution < -0.4 is 10.1 Å². The number of ether oxygens (including phenoxy) is 1. The average molecular weight is 281 g/mol. The number of hydrogen-bond donors (Lipinski definition) is 2. The number of nitrogens with one attached hydrogen (secondary N) is 1. The van der Waals surface area contributed by atoms with Crippen molar-refractivity contribution in [2.24, 2.45) is 0 Å². The predicted molar refractivity (Wildman–Crippen MR) is 71.4 cm³/mol. The van der Waals surface area contributed by atoms with Gasteiger partial charge >= 0.3 is 6.01 Å². The van der Waals surface area contributed by atoms with E-state index in [2.05, 4.69) is 20.3 Å². The van der Waals surface area contributed by atoms with E-state index in [0.29, 0.717) is 23.8 Å². The molecule has 2 N–H and O–H groups in total. The Labute approximate surface area is 115 Å². The Hall–Kier alpha value is -1.92. The Bertz CT molecular complexity index is 565. The van der Waals surface area contributed by atoms with E-state index in [-0.39, 0.29) is 17.9 Å². The molecule has 6 nitrogen and oxygen atoms in total. The molecule has 0 spiro atoms. The molecule has 7 heteroatoms. The summed E-state index contributed by atoms with van der Waals surface area (Å²) >= 11 is 5.79. The van der Waals surface area contributed by atoms with Crippen molar-refractivity contribution in [2.45, 2.75) is 13.5 Å². The van der Waals surface area contributed by atoms with Crippen molar-refractivity contribution in [1.82, 2.24) is 15.0 Å². The van der Waals surface area contributed by atoms with Crippen LogP contribution >= 0.6 is 11.6 Å². The monoisotopic (exact) mass is 280 g/mol. The van der Waals surface area contributed by atoms with Gasteiger partial charge in [-0.15, -0.1) is 0 Å². The van der Waals surface area contributed by atoms with Crippen LogP contribution in [0.25, 0.3) is 0 Å². The summed E-state index contributed by atoms with van der Waals surface area (Å²) in [5.41, 5.74) is 0.643. The molecular weight excluding hydrogens is 268 g/mol. The van der Waals surface area contributed by atoms with Gasteiger partial charge in [0.05, 0.1) is 6.61 Å². The minimum Gasteiger partial charge on any atom is -0.424 e. The number of benzene rings is 1. The van der Waals surface area contributed by atoms with E-state index in [9.17, 15) is 5.11 Å². The number of para-hydroxylation sites is 1. The predicted octanol–water partition coefficient (Wildman–Crippen LogP) is 2.24. The van der Waals surface area contributed by atoms with Gasteiger partial charge in [-0.05, 0) is 24.6 Å². The summed E-state index contributed by atoms with van der Waals surface area (Å²) in [7, 11) is 0. The first-order chi connectivity index (χ1) is 9.22. The van der Waals surface area contributed by atoms with Gasteiger partial charge in [0, 0.05) is 12.1 Å². The molecule has 0 bridgehead atoms. The summed E-state index contributed by atoms with van der Waals surface area (Å²) in [6.45, 7) is 2.45. The first kappa shape index (κ1) is 13.5. The standard InChI is InChI=1S/C12H13ClN4O2/c1-2-14-11-15-10(13)16-12(17-11)19-9-6-4-3-5-8(9)7-18/h3-6,18H,2,7H2,1H3,(H,14,15,16,17). The highest BCUT2D eigenvalue weighted by atomic mass is 35.5. The van der Waals surface area contributed by atoms with Crippen molar-refractivity contribution in [2.75, 3.05) is 11.9 Å². The SMILES string of the molecule is CCNc1nc(Cl)nc(Oc2ccccc2CO)n1. The average Bonchev–Trinajstić information content (AvgIpc) is 2.39. The Balaban J connectivity index is 2.27. The van der Waals surface area contributed by atoms with Crippen molar-refractivity contribution in [1.29, 1.82) is 0 Å². The van der Waals surface area contributed by atoms with Gasteiger partial charge in [-0.2, -0.15) is 15.0 Å². The number of hydrogen-bond acceptors (Lipinski definition) is 6. The molecule has 0 atom stereocenters. The van der Waals surface area contributed by atoms with Gasteiger partial charge < -0.3 is 15.2 Å². The van der Waals surface area contributed by atoms with Crippen LogP contribution in [0.1, 0.15) is 12.5 Å². The molecule has 0 saturated heterocycles. The lowest BCUT2D eigenvalue weighted by molar-refractivity contribution is 0.275. The lowest BCUT2D eigenvalue weighted by Crippen LogP contribution is -2.05. The lowest BCUT2D eigenvalue weighted by atomic mass is 10.2. The van der Waals surface area contributed by atoms with Crippen LogP contribution in [0.5, 0.6) is 11.8 Å². The second kappa shape index (κ2) is 6.31. The first-order valence-electron chi connectivity index (χ1n) is 5.75. The molecule has 1 aromatic heterocycles. The molecule has 0 radical (unpaired) electrons. The fourth-order valence-electron chi connectivity index (χ4n) is 1.45. The van der Waals surface area contributed by atoms with Crippen molar-refractivity contribution >= 4 is 17.5 Å². The maximum Gasteiger partial charge on any atom is 0.328 e. The molecule has 0 aliphatic heterocycles. The lowest BCUT2D eigenvalue weighted by Gasteiger charge is -2.09. The number of rotatable bonds is 5. The van der Waals surface area contributed by atoms with E-state index in [0.717, 1.165) is 0 Å². The smallest absolute Gasteiger partial charge is 0.328 e.